The second-order valence-corrected chi connectivity index (χ2v) is 11.7. The molecule has 3 aromatic rings. The maximum absolute atomic E-state index is 6.66. The number of halogens is 12. The van der Waals surface area contributed by atoms with E-state index in [1.807, 2.05) is 0 Å². The molecule has 8 bridgehead atoms. The van der Waals surface area contributed by atoms with Gasteiger partial charge in [-0.1, -0.05) is 139 Å². The average Bonchev–Trinajstić information content (AvgIpc) is 3.52. The monoisotopic (exact) mass is 718 g/mol. The third-order valence-corrected chi connectivity index (χ3v) is 9.98. The Hall–Kier alpha value is 0.0800. The number of nitrogens with zero attached hydrogens (tertiary/aromatic N) is 2. The van der Waals surface area contributed by atoms with Gasteiger partial charge in [0.25, 0.3) is 0 Å². The molecular formula is C20H2Cl12N4. The smallest absolute Gasteiger partial charge is 0.105 e. The van der Waals surface area contributed by atoms with Gasteiger partial charge in [-0.15, -0.1) is 0 Å². The van der Waals surface area contributed by atoms with Crippen LogP contribution in [0.15, 0.2) is 0 Å². The quantitative estimate of drug-likeness (QED) is 0.243. The fourth-order valence-electron chi connectivity index (χ4n) is 3.40. The Morgan fingerprint density at radius 3 is 0.861 bits per heavy atom. The molecule has 0 aromatic carbocycles. The van der Waals surface area contributed by atoms with Gasteiger partial charge in [0, 0.05) is 0 Å². The molecule has 0 saturated heterocycles. The van der Waals surface area contributed by atoms with Crippen LogP contribution in [-0.4, -0.2) is 19.9 Å². The Labute approximate surface area is 261 Å². The normalized spacial score (nSPS) is 13.9. The van der Waals surface area contributed by atoms with E-state index in [9.17, 15) is 0 Å². The second kappa shape index (κ2) is 9.92. The van der Waals surface area contributed by atoms with E-state index in [4.69, 9.17) is 139 Å². The molecule has 2 aliphatic heterocycles. The van der Waals surface area contributed by atoms with E-state index in [0.29, 0.717) is 0 Å². The Morgan fingerprint density at radius 1 is 0.306 bits per heavy atom. The molecule has 16 heteroatoms. The second-order valence-electron chi connectivity index (χ2n) is 7.14. The summed E-state index contributed by atoms with van der Waals surface area (Å²) in [5, 5.41) is -0.0513. The lowest BCUT2D eigenvalue weighted by atomic mass is 10.3. The Morgan fingerprint density at radius 2 is 0.556 bits per heavy atom. The van der Waals surface area contributed by atoms with Crippen LogP contribution >= 0.6 is 139 Å². The van der Waals surface area contributed by atoms with E-state index >= 15 is 0 Å². The summed E-state index contributed by atoms with van der Waals surface area (Å²) >= 11 is 78.2. The lowest BCUT2D eigenvalue weighted by Gasteiger charge is -1.97. The first-order chi connectivity index (χ1) is 16.9. The molecule has 186 valence electrons. The minimum Gasteiger partial charge on any atom is -0.350 e. The van der Waals surface area contributed by atoms with Crippen LogP contribution in [0.3, 0.4) is 0 Å². The summed E-state index contributed by atoms with van der Waals surface area (Å²) in [5.74, 6) is 0. The number of fused-ring (bicyclic) bond motifs is 8. The molecule has 5 heterocycles. The van der Waals surface area contributed by atoms with E-state index in [-0.39, 0.29) is 105 Å². The predicted molar refractivity (Wildman–Crippen MR) is 158 cm³/mol. The highest BCUT2D eigenvalue weighted by Gasteiger charge is 2.29. The van der Waals surface area contributed by atoms with Crippen LogP contribution in [0.5, 0.6) is 0 Å². The Balaban J connectivity index is 2.14. The van der Waals surface area contributed by atoms with Crippen LogP contribution in [0.2, 0.25) is 40.2 Å². The summed E-state index contributed by atoms with van der Waals surface area (Å²) in [6.07, 6.45) is 0. The van der Waals surface area contributed by atoms with Gasteiger partial charge in [-0.2, -0.15) is 0 Å². The van der Waals surface area contributed by atoms with Crippen molar-refractivity contribution in [1.29, 1.82) is 0 Å². The molecule has 4 nitrogen and oxygen atoms in total. The van der Waals surface area contributed by atoms with E-state index in [2.05, 4.69) is 19.9 Å². The maximum atomic E-state index is 6.66. The summed E-state index contributed by atoms with van der Waals surface area (Å²) in [4.78, 5) is 14.7. The number of aromatic amines is 2. The van der Waals surface area contributed by atoms with E-state index in [1.54, 1.807) is 0 Å². The molecule has 0 fully saturated rings. The molecule has 0 aliphatic carbocycles. The average molecular weight is 724 g/mol. The zero-order chi connectivity index (χ0) is 26.4. The van der Waals surface area contributed by atoms with Crippen molar-refractivity contribution in [2.75, 3.05) is 0 Å². The molecule has 0 spiro atoms. The summed E-state index contributed by atoms with van der Waals surface area (Å²) in [7, 11) is 0. The molecule has 2 aliphatic rings. The van der Waals surface area contributed by atoms with Gasteiger partial charge >= 0.3 is 0 Å². The van der Waals surface area contributed by atoms with Gasteiger partial charge in [0.1, 0.15) is 22.8 Å². The number of rotatable bonds is 0. The first-order valence-electron chi connectivity index (χ1n) is 9.16. The summed E-state index contributed by atoms with van der Waals surface area (Å²) in [6, 6.07) is 0. The minimum absolute atomic E-state index is 0.0143. The SMILES string of the molecule is ClC1=C(Cl)c2nc1c(Cl)c1nc(c(Cl)c3[nH]c(c(Cl)c3Cl)c(Cl)c3[nH]c(c2Cl)c(Cl)c3Cl)C(Cl)=C1Cl. The van der Waals surface area contributed by atoms with E-state index in [1.165, 1.54) is 0 Å². The topological polar surface area (TPSA) is 57.4 Å². The number of H-pyrrole nitrogens is 2. The Kier molecular flexibility index (Phi) is 7.62. The summed E-state index contributed by atoms with van der Waals surface area (Å²) in [6.45, 7) is 0. The third-order valence-electron chi connectivity index (χ3n) is 5.14. The van der Waals surface area contributed by atoms with Gasteiger partial charge in [-0.05, 0) is 0 Å². The molecule has 0 unspecified atom stereocenters. The molecular weight excluding hydrogens is 722 g/mol. The van der Waals surface area contributed by atoms with Crippen molar-refractivity contribution in [2.24, 2.45) is 0 Å². The van der Waals surface area contributed by atoms with Crippen molar-refractivity contribution in [3.63, 3.8) is 0 Å². The van der Waals surface area contributed by atoms with Gasteiger partial charge in [-0.3, -0.25) is 0 Å². The molecule has 36 heavy (non-hydrogen) atoms. The number of aromatic nitrogens is 4. The fraction of sp³-hybridized carbons (Fsp3) is 0. The van der Waals surface area contributed by atoms with Gasteiger partial charge < -0.3 is 9.97 Å². The predicted octanol–water partition coefficient (Wildman–Crippen LogP) is 12.1. The molecule has 2 N–H and O–H groups in total. The highest BCUT2D eigenvalue weighted by Crippen LogP contribution is 2.49. The zero-order valence-corrected chi connectivity index (χ0v) is 25.5. The zero-order valence-electron chi connectivity index (χ0n) is 16.4. The minimum atomic E-state index is -0.0729. The van der Waals surface area contributed by atoms with Crippen LogP contribution in [0.25, 0.3) is 42.2 Å². The number of hydrogen-bond acceptors (Lipinski definition) is 2. The third kappa shape index (κ3) is 4.04. The Bertz CT molecular complexity index is 1640. The van der Waals surface area contributed by atoms with Crippen LogP contribution in [0.1, 0.15) is 22.8 Å². The van der Waals surface area contributed by atoms with Crippen molar-refractivity contribution in [3.05, 3.63) is 63.0 Å². The lowest BCUT2D eigenvalue weighted by Crippen LogP contribution is -1.86. The van der Waals surface area contributed by atoms with Gasteiger partial charge in [0.2, 0.25) is 0 Å². The van der Waals surface area contributed by atoms with E-state index in [0.717, 1.165) is 0 Å². The van der Waals surface area contributed by atoms with Crippen molar-refractivity contribution >= 4 is 181 Å². The fourth-order valence-corrected chi connectivity index (χ4v) is 6.76. The lowest BCUT2D eigenvalue weighted by molar-refractivity contribution is 1.27. The molecule has 3 aromatic heterocycles. The van der Waals surface area contributed by atoms with Gasteiger partial charge in [-0.25, -0.2) is 9.97 Å². The summed E-state index contributed by atoms with van der Waals surface area (Å²) < 4.78 is 0. The van der Waals surface area contributed by atoms with Crippen LogP contribution in [-0.2, 0) is 0 Å². The van der Waals surface area contributed by atoms with Crippen molar-refractivity contribution < 1.29 is 0 Å². The molecule has 0 radical (unpaired) electrons. The maximum Gasteiger partial charge on any atom is 0.105 e. The number of hydrogen-bond donors (Lipinski definition) is 2. The van der Waals surface area contributed by atoms with Crippen molar-refractivity contribution in [1.82, 2.24) is 19.9 Å². The molecule has 0 saturated carbocycles. The van der Waals surface area contributed by atoms with Crippen molar-refractivity contribution in [3.8, 4) is 0 Å². The van der Waals surface area contributed by atoms with Crippen LogP contribution < -0.4 is 0 Å². The van der Waals surface area contributed by atoms with Crippen LogP contribution in [0, 0.1) is 0 Å². The molecule has 0 atom stereocenters. The molecule has 5 rings (SSSR count). The van der Waals surface area contributed by atoms with Crippen LogP contribution in [0.4, 0.5) is 0 Å². The van der Waals surface area contributed by atoms with Gasteiger partial charge in [0.05, 0.1) is 82.4 Å². The molecule has 0 amide bonds. The highest BCUT2D eigenvalue weighted by atomic mass is 35.5. The standard InChI is InChI=1S/C20H2Cl12N4/c21-1-2(22)14-10(30)16-5(25)6(26)18(35-16)12(32)20-8(28)7(27)19(36-20)11(31)17-4(24)3(23)15(34-17)9(29)13(1)33-14/h33-34H. The number of nitrogens with one attached hydrogen (secondary N) is 2. The summed E-state index contributed by atoms with van der Waals surface area (Å²) in [5.41, 5.74) is 0.791. The first-order valence-corrected chi connectivity index (χ1v) is 13.7. The van der Waals surface area contributed by atoms with E-state index < -0.39 is 0 Å². The first kappa shape index (κ1) is 27.6. The largest absolute Gasteiger partial charge is 0.350 e. The highest BCUT2D eigenvalue weighted by molar-refractivity contribution is 6.69. The van der Waals surface area contributed by atoms with Crippen molar-refractivity contribution in [2.45, 2.75) is 0 Å². The van der Waals surface area contributed by atoms with Gasteiger partial charge in [0.15, 0.2) is 0 Å².